The number of nitrogens with two attached hydrogens (primary N) is 1. The van der Waals surface area contributed by atoms with Crippen molar-refractivity contribution in [2.24, 2.45) is 23.5 Å². The fourth-order valence-corrected chi connectivity index (χ4v) is 2.83. The molecule has 0 aromatic carbocycles. The minimum absolute atomic E-state index is 0.609. The third-order valence-corrected chi connectivity index (χ3v) is 4.13. The van der Waals surface area contributed by atoms with Crippen LogP contribution in [0.2, 0.25) is 0 Å². The zero-order valence-corrected chi connectivity index (χ0v) is 10.9. The third kappa shape index (κ3) is 3.18. The minimum atomic E-state index is 0.609. The topological polar surface area (TPSA) is 29.3 Å². The van der Waals surface area contributed by atoms with E-state index in [1.165, 1.54) is 25.9 Å². The summed E-state index contributed by atoms with van der Waals surface area (Å²) in [4.78, 5) is 2.62. The highest BCUT2D eigenvalue weighted by Gasteiger charge is 2.32. The van der Waals surface area contributed by atoms with Crippen molar-refractivity contribution in [1.29, 1.82) is 0 Å². The van der Waals surface area contributed by atoms with E-state index in [0.29, 0.717) is 6.04 Å². The van der Waals surface area contributed by atoms with Crippen molar-refractivity contribution in [3.63, 3.8) is 0 Å². The molecular formula is C13H28N2. The van der Waals surface area contributed by atoms with E-state index in [-0.39, 0.29) is 0 Å². The van der Waals surface area contributed by atoms with Gasteiger partial charge in [0.25, 0.3) is 0 Å². The van der Waals surface area contributed by atoms with Crippen molar-refractivity contribution >= 4 is 0 Å². The first kappa shape index (κ1) is 13.0. The van der Waals surface area contributed by atoms with Gasteiger partial charge in [-0.3, -0.25) is 4.90 Å². The first-order valence-corrected chi connectivity index (χ1v) is 6.54. The smallest absolute Gasteiger partial charge is 0.0244 e. The van der Waals surface area contributed by atoms with Crippen LogP contribution in [0.1, 0.15) is 40.5 Å². The van der Waals surface area contributed by atoms with Crippen LogP contribution in [0.3, 0.4) is 0 Å². The average molecular weight is 212 g/mol. The lowest BCUT2D eigenvalue weighted by Crippen LogP contribution is -2.43. The summed E-state index contributed by atoms with van der Waals surface area (Å²) in [6, 6.07) is 0.609. The number of hydrogen-bond donors (Lipinski definition) is 1. The molecule has 4 atom stereocenters. The minimum Gasteiger partial charge on any atom is -0.329 e. The molecule has 2 heteroatoms. The first-order chi connectivity index (χ1) is 7.10. The monoisotopic (exact) mass is 212 g/mol. The van der Waals surface area contributed by atoms with Crippen LogP contribution in [-0.2, 0) is 0 Å². The largest absolute Gasteiger partial charge is 0.329 e. The van der Waals surface area contributed by atoms with E-state index in [1.54, 1.807) is 0 Å². The van der Waals surface area contributed by atoms with Gasteiger partial charge in [-0.25, -0.2) is 0 Å². The van der Waals surface area contributed by atoms with Crippen LogP contribution in [0, 0.1) is 17.8 Å². The molecule has 0 bridgehead atoms. The third-order valence-electron chi connectivity index (χ3n) is 4.13. The molecule has 0 aromatic heterocycles. The quantitative estimate of drug-likeness (QED) is 0.758. The molecule has 1 aliphatic rings. The van der Waals surface area contributed by atoms with Gasteiger partial charge in [0.2, 0.25) is 0 Å². The highest BCUT2D eigenvalue weighted by Crippen LogP contribution is 2.27. The van der Waals surface area contributed by atoms with E-state index in [4.69, 9.17) is 5.73 Å². The van der Waals surface area contributed by atoms with Crippen molar-refractivity contribution in [1.82, 2.24) is 4.90 Å². The van der Waals surface area contributed by atoms with Crippen LogP contribution in [0.4, 0.5) is 0 Å². The molecule has 2 nitrogen and oxygen atoms in total. The molecule has 4 unspecified atom stereocenters. The standard InChI is InChI=1S/C13H28N2/c1-5-6-10(2)13(7-14)15-8-11(3)12(4)9-15/h10-13H,5-9,14H2,1-4H3. The van der Waals surface area contributed by atoms with Gasteiger partial charge >= 0.3 is 0 Å². The van der Waals surface area contributed by atoms with Gasteiger partial charge in [-0.1, -0.05) is 34.1 Å². The highest BCUT2D eigenvalue weighted by atomic mass is 15.2. The van der Waals surface area contributed by atoms with Crippen LogP contribution >= 0.6 is 0 Å². The Balaban J connectivity index is 2.52. The molecule has 1 heterocycles. The van der Waals surface area contributed by atoms with Gasteiger partial charge in [0.05, 0.1) is 0 Å². The number of nitrogens with zero attached hydrogens (tertiary/aromatic N) is 1. The zero-order chi connectivity index (χ0) is 11.4. The molecule has 0 saturated carbocycles. The van der Waals surface area contributed by atoms with Crippen molar-refractivity contribution < 1.29 is 0 Å². The van der Waals surface area contributed by atoms with Gasteiger partial charge in [0, 0.05) is 25.7 Å². The predicted molar refractivity (Wildman–Crippen MR) is 66.8 cm³/mol. The molecule has 1 aliphatic heterocycles. The second-order valence-electron chi connectivity index (χ2n) is 5.48. The van der Waals surface area contributed by atoms with Crippen molar-refractivity contribution in [2.75, 3.05) is 19.6 Å². The summed E-state index contributed by atoms with van der Waals surface area (Å²) >= 11 is 0. The molecule has 0 aromatic rings. The molecule has 0 radical (unpaired) electrons. The summed E-state index contributed by atoms with van der Waals surface area (Å²) in [5.41, 5.74) is 5.93. The molecule has 1 fully saturated rings. The Morgan fingerprint density at radius 3 is 2.20 bits per heavy atom. The SMILES string of the molecule is CCCC(C)C(CN)N1CC(C)C(C)C1. The lowest BCUT2D eigenvalue weighted by molar-refractivity contribution is 0.173. The Hall–Kier alpha value is -0.0800. The molecule has 0 aliphatic carbocycles. The van der Waals surface area contributed by atoms with E-state index in [0.717, 1.165) is 24.3 Å². The maximum absolute atomic E-state index is 5.93. The average Bonchev–Trinajstić information content (AvgIpc) is 2.48. The van der Waals surface area contributed by atoms with E-state index in [9.17, 15) is 0 Å². The first-order valence-electron chi connectivity index (χ1n) is 6.54. The van der Waals surface area contributed by atoms with Crippen molar-refractivity contribution in [3.8, 4) is 0 Å². The maximum atomic E-state index is 5.93. The van der Waals surface area contributed by atoms with Gasteiger partial charge in [0.1, 0.15) is 0 Å². The van der Waals surface area contributed by atoms with E-state index >= 15 is 0 Å². The van der Waals surface area contributed by atoms with Crippen LogP contribution in [-0.4, -0.2) is 30.6 Å². The summed E-state index contributed by atoms with van der Waals surface area (Å²) < 4.78 is 0. The van der Waals surface area contributed by atoms with Crippen LogP contribution in [0.25, 0.3) is 0 Å². The van der Waals surface area contributed by atoms with E-state index in [1.807, 2.05) is 0 Å². The maximum Gasteiger partial charge on any atom is 0.0244 e. The molecule has 15 heavy (non-hydrogen) atoms. The summed E-state index contributed by atoms with van der Waals surface area (Å²) in [6.45, 7) is 12.7. The fourth-order valence-electron chi connectivity index (χ4n) is 2.83. The zero-order valence-electron chi connectivity index (χ0n) is 10.9. The number of hydrogen-bond acceptors (Lipinski definition) is 2. The van der Waals surface area contributed by atoms with Gasteiger partial charge < -0.3 is 5.73 Å². The summed E-state index contributed by atoms with van der Waals surface area (Å²) in [5, 5.41) is 0. The number of rotatable bonds is 5. The number of likely N-dealkylation sites (tertiary alicyclic amines) is 1. The predicted octanol–water partition coefficient (Wildman–Crippen LogP) is 2.34. The normalized spacial score (nSPS) is 31.8. The molecular weight excluding hydrogens is 184 g/mol. The summed E-state index contributed by atoms with van der Waals surface area (Å²) in [7, 11) is 0. The molecule has 1 rings (SSSR count). The van der Waals surface area contributed by atoms with E-state index in [2.05, 4.69) is 32.6 Å². The van der Waals surface area contributed by atoms with Gasteiger partial charge in [-0.15, -0.1) is 0 Å². The Morgan fingerprint density at radius 1 is 1.27 bits per heavy atom. The second kappa shape index (κ2) is 5.86. The molecule has 2 N–H and O–H groups in total. The van der Waals surface area contributed by atoms with Gasteiger partial charge in [-0.2, -0.15) is 0 Å². The highest BCUT2D eigenvalue weighted by molar-refractivity contribution is 4.86. The Bertz CT molecular complexity index is 171. The van der Waals surface area contributed by atoms with Gasteiger partial charge in [-0.05, 0) is 24.2 Å². The Labute approximate surface area is 95.2 Å². The molecule has 0 spiro atoms. The van der Waals surface area contributed by atoms with Crippen molar-refractivity contribution in [3.05, 3.63) is 0 Å². The van der Waals surface area contributed by atoms with E-state index < -0.39 is 0 Å². The van der Waals surface area contributed by atoms with Crippen LogP contribution in [0.15, 0.2) is 0 Å². The van der Waals surface area contributed by atoms with Crippen LogP contribution < -0.4 is 5.73 Å². The Kier molecular flexibility index (Phi) is 5.07. The lowest BCUT2D eigenvalue weighted by Gasteiger charge is -2.31. The Morgan fingerprint density at radius 2 is 1.80 bits per heavy atom. The van der Waals surface area contributed by atoms with Gasteiger partial charge in [0.15, 0.2) is 0 Å². The lowest BCUT2D eigenvalue weighted by atomic mass is 9.96. The molecule has 90 valence electrons. The summed E-state index contributed by atoms with van der Waals surface area (Å²) in [6.07, 6.45) is 2.58. The molecule has 0 amide bonds. The van der Waals surface area contributed by atoms with Crippen molar-refractivity contribution in [2.45, 2.75) is 46.6 Å². The summed E-state index contributed by atoms with van der Waals surface area (Å²) in [5.74, 6) is 2.43. The fraction of sp³-hybridized carbons (Fsp3) is 1.00. The van der Waals surface area contributed by atoms with Crippen LogP contribution in [0.5, 0.6) is 0 Å². The molecule has 1 saturated heterocycles. The second-order valence-corrected chi connectivity index (χ2v) is 5.48.